The number of carbonyl (C=O) groups excluding carboxylic acids is 1. The number of halogens is 1. The molecule has 3 nitrogen and oxygen atoms in total. The SMILES string of the molecule is Nc1cccc(NC(=O)C2CCC2)c1Cl. The van der Waals surface area contributed by atoms with Crippen molar-refractivity contribution in [3.63, 3.8) is 0 Å². The van der Waals surface area contributed by atoms with Crippen LogP contribution in [-0.2, 0) is 4.79 Å². The third kappa shape index (κ3) is 2.07. The van der Waals surface area contributed by atoms with Crippen molar-refractivity contribution in [3.8, 4) is 0 Å². The lowest BCUT2D eigenvalue weighted by atomic mass is 9.85. The van der Waals surface area contributed by atoms with Gasteiger partial charge in [-0.2, -0.15) is 0 Å². The molecule has 1 amide bonds. The number of anilines is 2. The highest BCUT2D eigenvalue weighted by atomic mass is 35.5. The van der Waals surface area contributed by atoms with E-state index in [0.717, 1.165) is 19.3 Å². The van der Waals surface area contributed by atoms with E-state index in [2.05, 4.69) is 5.32 Å². The Bertz CT molecular complexity index is 388. The molecule has 0 saturated heterocycles. The molecule has 0 bridgehead atoms. The zero-order valence-electron chi connectivity index (χ0n) is 8.29. The van der Waals surface area contributed by atoms with E-state index in [1.54, 1.807) is 18.2 Å². The Hall–Kier alpha value is -1.22. The smallest absolute Gasteiger partial charge is 0.227 e. The first kappa shape index (κ1) is 10.3. The van der Waals surface area contributed by atoms with Gasteiger partial charge in [0, 0.05) is 5.92 Å². The van der Waals surface area contributed by atoms with E-state index in [0.29, 0.717) is 16.4 Å². The second-order valence-electron chi connectivity index (χ2n) is 3.83. The van der Waals surface area contributed by atoms with Crippen molar-refractivity contribution >= 4 is 28.9 Å². The summed E-state index contributed by atoms with van der Waals surface area (Å²) in [5.41, 5.74) is 6.73. The number of hydrogen-bond acceptors (Lipinski definition) is 2. The first-order valence-electron chi connectivity index (χ1n) is 5.03. The summed E-state index contributed by atoms with van der Waals surface area (Å²) < 4.78 is 0. The molecule has 4 heteroatoms. The van der Waals surface area contributed by atoms with Crippen LogP contribution < -0.4 is 11.1 Å². The van der Waals surface area contributed by atoms with Gasteiger partial charge in [-0.1, -0.05) is 24.1 Å². The molecule has 1 fully saturated rings. The van der Waals surface area contributed by atoms with Crippen LogP contribution in [0.4, 0.5) is 11.4 Å². The third-order valence-corrected chi connectivity index (χ3v) is 3.18. The minimum Gasteiger partial charge on any atom is -0.397 e. The number of benzene rings is 1. The van der Waals surface area contributed by atoms with Crippen LogP contribution >= 0.6 is 11.6 Å². The Morgan fingerprint density at radius 1 is 1.47 bits per heavy atom. The van der Waals surface area contributed by atoms with Gasteiger partial charge in [0.1, 0.15) is 0 Å². The maximum atomic E-state index is 11.6. The highest BCUT2D eigenvalue weighted by Gasteiger charge is 2.25. The molecule has 3 N–H and O–H groups in total. The molecule has 0 radical (unpaired) electrons. The highest BCUT2D eigenvalue weighted by molar-refractivity contribution is 6.36. The summed E-state index contributed by atoms with van der Waals surface area (Å²) >= 11 is 5.96. The van der Waals surface area contributed by atoms with Gasteiger partial charge in [0.05, 0.1) is 16.4 Å². The Labute approximate surface area is 93.6 Å². The summed E-state index contributed by atoms with van der Waals surface area (Å²) in [5, 5.41) is 3.22. The van der Waals surface area contributed by atoms with E-state index in [4.69, 9.17) is 17.3 Å². The second-order valence-corrected chi connectivity index (χ2v) is 4.20. The predicted octanol–water partition coefficient (Wildman–Crippen LogP) is 2.66. The van der Waals surface area contributed by atoms with Crippen LogP contribution in [0.3, 0.4) is 0 Å². The Morgan fingerprint density at radius 2 is 2.20 bits per heavy atom. The largest absolute Gasteiger partial charge is 0.397 e. The van der Waals surface area contributed by atoms with E-state index in [-0.39, 0.29) is 11.8 Å². The summed E-state index contributed by atoms with van der Waals surface area (Å²) in [7, 11) is 0. The van der Waals surface area contributed by atoms with Crippen molar-refractivity contribution in [2.75, 3.05) is 11.1 Å². The second kappa shape index (κ2) is 4.11. The van der Waals surface area contributed by atoms with Gasteiger partial charge in [-0.05, 0) is 25.0 Å². The molecule has 2 rings (SSSR count). The van der Waals surface area contributed by atoms with Crippen molar-refractivity contribution < 1.29 is 4.79 Å². The Balaban J connectivity index is 2.09. The topological polar surface area (TPSA) is 55.1 Å². The van der Waals surface area contributed by atoms with Crippen LogP contribution in [0.25, 0.3) is 0 Å². The predicted molar refractivity (Wildman–Crippen MR) is 61.8 cm³/mol. The molecule has 15 heavy (non-hydrogen) atoms. The van der Waals surface area contributed by atoms with Crippen LogP contribution in [0.5, 0.6) is 0 Å². The normalized spacial score (nSPS) is 15.8. The van der Waals surface area contributed by atoms with Gasteiger partial charge < -0.3 is 11.1 Å². The third-order valence-electron chi connectivity index (χ3n) is 2.76. The molecule has 80 valence electrons. The van der Waals surface area contributed by atoms with Crippen LogP contribution in [-0.4, -0.2) is 5.91 Å². The minimum absolute atomic E-state index is 0.0498. The average molecular weight is 225 g/mol. The van der Waals surface area contributed by atoms with Crippen LogP contribution in [0.15, 0.2) is 18.2 Å². The first-order chi connectivity index (χ1) is 7.18. The summed E-state index contributed by atoms with van der Waals surface area (Å²) in [6, 6.07) is 5.24. The zero-order valence-corrected chi connectivity index (χ0v) is 9.05. The molecule has 0 aromatic heterocycles. The number of carbonyl (C=O) groups is 1. The fourth-order valence-electron chi connectivity index (χ4n) is 1.55. The maximum absolute atomic E-state index is 11.6. The summed E-state index contributed by atoms with van der Waals surface area (Å²) in [5.74, 6) is 0.205. The van der Waals surface area contributed by atoms with Crippen molar-refractivity contribution in [2.45, 2.75) is 19.3 Å². The molecule has 0 heterocycles. The monoisotopic (exact) mass is 224 g/mol. The molecule has 1 aromatic carbocycles. The number of nitrogen functional groups attached to an aromatic ring is 1. The molecule has 1 saturated carbocycles. The summed E-state index contributed by atoms with van der Waals surface area (Å²) in [6.45, 7) is 0. The molecule has 1 aromatic rings. The Morgan fingerprint density at radius 3 is 2.80 bits per heavy atom. The number of nitrogens with one attached hydrogen (secondary N) is 1. The summed E-state index contributed by atoms with van der Waals surface area (Å²) in [4.78, 5) is 11.6. The maximum Gasteiger partial charge on any atom is 0.227 e. The van der Waals surface area contributed by atoms with E-state index < -0.39 is 0 Å². The zero-order chi connectivity index (χ0) is 10.8. The van der Waals surface area contributed by atoms with Crippen LogP contribution in [0, 0.1) is 5.92 Å². The lowest BCUT2D eigenvalue weighted by molar-refractivity contribution is -0.122. The van der Waals surface area contributed by atoms with Crippen molar-refractivity contribution in [1.82, 2.24) is 0 Å². The Kier molecular flexibility index (Phi) is 2.82. The van der Waals surface area contributed by atoms with Gasteiger partial charge in [0.2, 0.25) is 5.91 Å². The quantitative estimate of drug-likeness (QED) is 0.759. The number of amides is 1. The van der Waals surface area contributed by atoms with Crippen molar-refractivity contribution in [3.05, 3.63) is 23.2 Å². The number of rotatable bonds is 2. The molecule has 0 aliphatic heterocycles. The van der Waals surface area contributed by atoms with Crippen LogP contribution in [0.1, 0.15) is 19.3 Å². The van der Waals surface area contributed by atoms with Gasteiger partial charge in [0.15, 0.2) is 0 Å². The molecular weight excluding hydrogens is 212 g/mol. The molecular formula is C11H13ClN2O. The number of hydrogen-bond donors (Lipinski definition) is 2. The number of nitrogens with two attached hydrogens (primary N) is 1. The summed E-state index contributed by atoms with van der Waals surface area (Å²) in [6.07, 6.45) is 3.10. The fraction of sp³-hybridized carbons (Fsp3) is 0.364. The minimum atomic E-state index is 0.0498. The van der Waals surface area contributed by atoms with Crippen molar-refractivity contribution in [1.29, 1.82) is 0 Å². The van der Waals surface area contributed by atoms with E-state index >= 15 is 0 Å². The molecule has 1 aliphatic rings. The molecule has 0 spiro atoms. The van der Waals surface area contributed by atoms with Gasteiger partial charge in [-0.15, -0.1) is 0 Å². The van der Waals surface area contributed by atoms with Gasteiger partial charge in [-0.25, -0.2) is 0 Å². The first-order valence-corrected chi connectivity index (χ1v) is 5.41. The molecule has 0 atom stereocenters. The van der Waals surface area contributed by atoms with E-state index in [1.165, 1.54) is 0 Å². The van der Waals surface area contributed by atoms with Crippen molar-refractivity contribution in [2.24, 2.45) is 5.92 Å². The van der Waals surface area contributed by atoms with E-state index in [9.17, 15) is 4.79 Å². The average Bonchev–Trinajstić information content (AvgIpc) is 2.10. The van der Waals surface area contributed by atoms with Crippen LogP contribution in [0.2, 0.25) is 5.02 Å². The van der Waals surface area contributed by atoms with Gasteiger partial charge in [0.25, 0.3) is 0 Å². The lowest BCUT2D eigenvalue weighted by Gasteiger charge is -2.24. The lowest BCUT2D eigenvalue weighted by Crippen LogP contribution is -2.28. The molecule has 0 unspecified atom stereocenters. The highest BCUT2D eigenvalue weighted by Crippen LogP contribution is 2.31. The molecule has 1 aliphatic carbocycles. The van der Waals surface area contributed by atoms with E-state index in [1.807, 2.05) is 0 Å². The fourth-order valence-corrected chi connectivity index (χ4v) is 1.72. The van der Waals surface area contributed by atoms with Gasteiger partial charge >= 0.3 is 0 Å². The van der Waals surface area contributed by atoms with Gasteiger partial charge in [-0.3, -0.25) is 4.79 Å². The standard InChI is InChI=1S/C11H13ClN2O/c12-10-8(13)5-2-6-9(10)14-11(15)7-3-1-4-7/h2,5-7H,1,3-4,13H2,(H,14,15).